The number of anilines is 2. The smallest absolute Gasteiger partial charge is 0.265 e. The molecule has 1 aliphatic heterocycles. The van der Waals surface area contributed by atoms with Crippen LogP contribution in [0.5, 0.6) is 11.5 Å². The van der Waals surface area contributed by atoms with Crippen molar-refractivity contribution in [1.82, 2.24) is 10.2 Å². The molecule has 4 rings (SSSR count). The van der Waals surface area contributed by atoms with Gasteiger partial charge < -0.3 is 14.4 Å². The molecule has 1 aromatic heterocycles. The summed E-state index contributed by atoms with van der Waals surface area (Å²) in [5.41, 5.74) is 1.87. The van der Waals surface area contributed by atoms with Gasteiger partial charge in [0.15, 0.2) is 5.82 Å². The Morgan fingerprint density at radius 2 is 1.73 bits per heavy atom. The quantitative estimate of drug-likeness (QED) is 0.499. The van der Waals surface area contributed by atoms with E-state index in [2.05, 4.69) is 19.8 Å². The molecule has 1 aliphatic rings. The molecule has 0 amide bonds. The first-order valence-electron chi connectivity index (χ1n) is 11.1. The Hall–Kier alpha value is -3.33. The van der Waals surface area contributed by atoms with Crippen molar-refractivity contribution in [3.05, 3.63) is 54.6 Å². The predicted molar refractivity (Wildman–Crippen MR) is 129 cm³/mol. The minimum atomic E-state index is -3.89. The maximum Gasteiger partial charge on any atom is 0.265 e. The fourth-order valence-corrected chi connectivity index (χ4v) is 4.96. The molecule has 0 atom stereocenters. The maximum absolute atomic E-state index is 13.1. The lowest BCUT2D eigenvalue weighted by Gasteiger charge is -2.16. The first-order chi connectivity index (χ1) is 16.0. The molecule has 2 aromatic carbocycles. The second-order valence-electron chi connectivity index (χ2n) is 7.63. The molecule has 1 saturated heterocycles. The van der Waals surface area contributed by atoms with E-state index in [-0.39, 0.29) is 10.6 Å². The molecule has 0 saturated carbocycles. The van der Waals surface area contributed by atoms with Crippen molar-refractivity contribution >= 4 is 21.5 Å². The van der Waals surface area contributed by atoms with E-state index in [1.165, 1.54) is 18.9 Å². The van der Waals surface area contributed by atoms with Gasteiger partial charge in [0.1, 0.15) is 16.4 Å². The molecule has 174 valence electrons. The molecular formula is C24H28N4O4S. The van der Waals surface area contributed by atoms with Gasteiger partial charge in [-0.15, -0.1) is 10.2 Å². The highest BCUT2D eigenvalue weighted by Gasteiger charge is 2.21. The van der Waals surface area contributed by atoms with Crippen molar-refractivity contribution < 1.29 is 17.9 Å². The van der Waals surface area contributed by atoms with Crippen LogP contribution in [0.1, 0.15) is 26.7 Å². The summed E-state index contributed by atoms with van der Waals surface area (Å²) >= 11 is 0. The third-order valence-corrected chi connectivity index (χ3v) is 6.73. The molecule has 0 spiro atoms. The first-order valence-corrected chi connectivity index (χ1v) is 12.6. The molecule has 3 aromatic rings. The normalized spacial score (nSPS) is 13.7. The molecule has 0 aliphatic carbocycles. The Kier molecular flexibility index (Phi) is 6.98. The zero-order chi connectivity index (χ0) is 23.3. The summed E-state index contributed by atoms with van der Waals surface area (Å²) in [5.74, 6) is 1.67. The molecule has 9 heteroatoms. The molecule has 8 nitrogen and oxygen atoms in total. The third-order valence-electron chi connectivity index (χ3n) is 5.31. The van der Waals surface area contributed by atoms with Gasteiger partial charge in [0, 0.05) is 30.4 Å². The van der Waals surface area contributed by atoms with Crippen molar-refractivity contribution in [1.29, 1.82) is 0 Å². The fraction of sp³-hybridized carbons (Fsp3) is 0.333. The highest BCUT2D eigenvalue weighted by molar-refractivity contribution is 7.92. The van der Waals surface area contributed by atoms with E-state index in [0.29, 0.717) is 30.3 Å². The van der Waals surface area contributed by atoms with Gasteiger partial charge in [0.25, 0.3) is 10.0 Å². The van der Waals surface area contributed by atoms with Crippen LogP contribution in [0.2, 0.25) is 0 Å². The Bertz CT molecular complexity index is 1190. The summed E-state index contributed by atoms with van der Waals surface area (Å²) in [6, 6.07) is 15.7. The van der Waals surface area contributed by atoms with Gasteiger partial charge >= 0.3 is 0 Å². The van der Waals surface area contributed by atoms with E-state index in [1.807, 2.05) is 25.1 Å². The van der Waals surface area contributed by atoms with Crippen LogP contribution in [0.15, 0.2) is 59.5 Å². The number of nitrogens with one attached hydrogen (secondary N) is 1. The predicted octanol–water partition coefficient (Wildman–Crippen LogP) is 4.34. The first kappa shape index (κ1) is 22.8. The summed E-state index contributed by atoms with van der Waals surface area (Å²) in [4.78, 5) is 2.27. The monoisotopic (exact) mass is 468 g/mol. The van der Waals surface area contributed by atoms with Crippen molar-refractivity contribution in [3.63, 3.8) is 0 Å². The summed E-state index contributed by atoms with van der Waals surface area (Å²) in [5, 5.41) is 8.71. The van der Waals surface area contributed by atoms with Gasteiger partial charge in [0.2, 0.25) is 0 Å². The molecule has 1 fully saturated rings. The number of sulfonamides is 1. The Morgan fingerprint density at radius 3 is 2.42 bits per heavy atom. The summed E-state index contributed by atoms with van der Waals surface area (Å²) in [6.45, 7) is 6.48. The van der Waals surface area contributed by atoms with Gasteiger partial charge in [-0.1, -0.05) is 12.1 Å². The van der Waals surface area contributed by atoms with Gasteiger partial charge in [-0.05, 0) is 63.1 Å². The Balaban J connectivity index is 1.56. The van der Waals surface area contributed by atoms with Crippen LogP contribution in [0.3, 0.4) is 0 Å². The number of benzene rings is 2. The lowest BCUT2D eigenvalue weighted by Crippen LogP contribution is -2.19. The second-order valence-corrected chi connectivity index (χ2v) is 9.28. The van der Waals surface area contributed by atoms with Crippen molar-refractivity contribution in [2.75, 3.05) is 35.9 Å². The van der Waals surface area contributed by atoms with Crippen LogP contribution in [0.4, 0.5) is 11.5 Å². The summed E-state index contributed by atoms with van der Waals surface area (Å²) < 4.78 is 40.0. The van der Waals surface area contributed by atoms with E-state index < -0.39 is 10.0 Å². The number of rotatable bonds is 9. The van der Waals surface area contributed by atoms with Crippen molar-refractivity contribution in [2.45, 2.75) is 31.6 Å². The highest BCUT2D eigenvalue weighted by Crippen LogP contribution is 2.31. The highest BCUT2D eigenvalue weighted by atomic mass is 32.2. The maximum atomic E-state index is 13.1. The SMILES string of the molecule is CCOc1ccc(S(=O)(=O)Nc2cccc(-c3ccc(N4CCCC4)nn3)c2)c(OCC)c1. The largest absolute Gasteiger partial charge is 0.494 e. The minimum absolute atomic E-state index is 0.0490. The average Bonchev–Trinajstić information content (AvgIpc) is 3.35. The fourth-order valence-electron chi connectivity index (χ4n) is 3.78. The lowest BCUT2D eigenvalue weighted by atomic mass is 10.1. The van der Waals surface area contributed by atoms with Gasteiger partial charge in [-0.3, -0.25) is 4.72 Å². The lowest BCUT2D eigenvalue weighted by molar-refractivity contribution is 0.317. The van der Waals surface area contributed by atoms with Crippen LogP contribution < -0.4 is 19.1 Å². The van der Waals surface area contributed by atoms with E-state index in [9.17, 15) is 8.42 Å². The van der Waals surface area contributed by atoms with E-state index in [4.69, 9.17) is 9.47 Å². The molecule has 0 bridgehead atoms. The minimum Gasteiger partial charge on any atom is -0.494 e. The number of nitrogens with zero attached hydrogens (tertiary/aromatic N) is 3. The second kappa shape index (κ2) is 10.1. The van der Waals surface area contributed by atoms with Gasteiger partial charge in [-0.2, -0.15) is 0 Å². The standard InChI is InChI=1S/C24H28N4O4S/c1-3-31-20-10-12-23(22(17-20)32-4-2)33(29,30)27-19-9-7-8-18(16-19)21-11-13-24(26-25-21)28-14-5-6-15-28/h7-13,16-17,27H,3-6,14-15H2,1-2H3. The third kappa shape index (κ3) is 5.36. The van der Waals surface area contributed by atoms with E-state index >= 15 is 0 Å². The number of hydrogen-bond acceptors (Lipinski definition) is 7. The van der Waals surface area contributed by atoms with E-state index in [0.717, 1.165) is 24.5 Å². The topological polar surface area (TPSA) is 93.7 Å². The molecule has 33 heavy (non-hydrogen) atoms. The average molecular weight is 469 g/mol. The Morgan fingerprint density at radius 1 is 0.939 bits per heavy atom. The summed E-state index contributed by atoms with van der Waals surface area (Å²) in [6.07, 6.45) is 2.34. The molecule has 0 unspecified atom stereocenters. The number of hydrogen-bond donors (Lipinski definition) is 1. The van der Waals surface area contributed by atoms with Crippen LogP contribution >= 0.6 is 0 Å². The zero-order valence-corrected chi connectivity index (χ0v) is 19.6. The van der Waals surface area contributed by atoms with Crippen molar-refractivity contribution in [2.24, 2.45) is 0 Å². The van der Waals surface area contributed by atoms with Gasteiger partial charge in [0.05, 0.1) is 18.9 Å². The molecular weight excluding hydrogens is 440 g/mol. The number of aromatic nitrogens is 2. The van der Waals surface area contributed by atoms with Gasteiger partial charge in [-0.25, -0.2) is 8.42 Å². The van der Waals surface area contributed by atoms with Crippen LogP contribution in [-0.4, -0.2) is 44.9 Å². The summed E-state index contributed by atoms with van der Waals surface area (Å²) in [7, 11) is -3.89. The molecule has 2 heterocycles. The van der Waals surface area contributed by atoms with Crippen LogP contribution in [0, 0.1) is 0 Å². The van der Waals surface area contributed by atoms with E-state index in [1.54, 1.807) is 37.3 Å². The van der Waals surface area contributed by atoms with Crippen LogP contribution in [0.25, 0.3) is 11.3 Å². The zero-order valence-electron chi connectivity index (χ0n) is 18.8. The van der Waals surface area contributed by atoms with Crippen molar-refractivity contribution in [3.8, 4) is 22.8 Å². The molecule has 0 radical (unpaired) electrons. The Labute approximate surface area is 194 Å². The molecule has 1 N–H and O–H groups in total. The van der Waals surface area contributed by atoms with Crippen LogP contribution in [-0.2, 0) is 10.0 Å². The number of ether oxygens (including phenoxy) is 2.